The average Bonchev–Trinajstić information content (AvgIpc) is 3.08. The molecule has 0 saturated heterocycles. The highest BCUT2D eigenvalue weighted by atomic mass is 19.1. The first-order valence-electron chi connectivity index (χ1n) is 8.22. The van der Waals surface area contributed by atoms with Crippen LogP contribution in [0, 0.1) is 11.6 Å². The lowest BCUT2D eigenvalue weighted by Crippen LogP contribution is -2.45. The third kappa shape index (κ3) is 3.21. The van der Waals surface area contributed by atoms with E-state index in [1.807, 2.05) is 30.3 Å². The Morgan fingerprint density at radius 1 is 1.12 bits per heavy atom. The zero-order chi connectivity index (χ0) is 18.1. The molecule has 1 aliphatic rings. The summed E-state index contributed by atoms with van der Waals surface area (Å²) >= 11 is 0. The molecule has 1 atom stereocenters. The number of fused-ring (bicyclic) bond motifs is 1. The van der Waals surface area contributed by atoms with Crippen LogP contribution in [0.3, 0.4) is 0 Å². The molecular formula is C19H16F2N4O. The molecule has 5 nitrogen and oxygen atoms in total. The van der Waals surface area contributed by atoms with Crippen molar-refractivity contribution in [3.8, 4) is 11.3 Å². The summed E-state index contributed by atoms with van der Waals surface area (Å²) in [6.45, 7) is 0.578. The molecule has 0 bridgehead atoms. The van der Waals surface area contributed by atoms with Crippen LogP contribution in [0.5, 0.6) is 0 Å². The summed E-state index contributed by atoms with van der Waals surface area (Å²) in [5.41, 5.74) is 2.53. The molecule has 0 fully saturated rings. The minimum Gasteiger partial charge on any atom is -0.347 e. The van der Waals surface area contributed by atoms with E-state index in [4.69, 9.17) is 0 Å². The summed E-state index contributed by atoms with van der Waals surface area (Å²) in [7, 11) is 0. The molecule has 0 saturated carbocycles. The van der Waals surface area contributed by atoms with E-state index >= 15 is 0 Å². The molecule has 1 aromatic heterocycles. The third-order valence-electron chi connectivity index (χ3n) is 4.25. The topological polar surface area (TPSA) is 59.0 Å². The molecule has 4 rings (SSSR count). The minimum absolute atomic E-state index is 0.200. The van der Waals surface area contributed by atoms with Gasteiger partial charge in [0.15, 0.2) is 0 Å². The number of benzene rings is 2. The van der Waals surface area contributed by atoms with Crippen LogP contribution in [0.4, 0.5) is 8.78 Å². The maximum absolute atomic E-state index is 13.3. The quantitative estimate of drug-likeness (QED) is 0.757. The largest absolute Gasteiger partial charge is 0.347 e. The SMILES string of the molecule is O=C1NCC(NCc2cc(F)cc(F)c2)n2nc(-c3ccccc3)cc21. The number of aromatic nitrogens is 2. The second-order valence-corrected chi connectivity index (χ2v) is 6.11. The van der Waals surface area contributed by atoms with Crippen LogP contribution in [-0.4, -0.2) is 22.2 Å². The van der Waals surface area contributed by atoms with E-state index in [-0.39, 0.29) is 18.6 Å². The lowest BCUT2D eigenvalue weighted by molar-refractivity contribution is 0.0900. The van der Waals surface area contributed by atoms with Crippen molar-refractivity contribution in [1.82, 2.24) is 20.4 Å². The highest BCUT2D eigenvalue weighted by Crippen LogP contribution is 2.23. The van der Waals surface area contributed by atoms with Gasteiger partial charge in [-0.3, -0.25) is 10.1 Å². The van der Waals surface area contributed by atoms with Crippen molar-refractivity contribution < 1.29 is 13.6 Å². The Balaban J connectivity index is 1.59. The number of hydrogen-bond donors (Lipinski definition) is 2. The van der Waals surface area contributed by atoms with Crippen molar-refractivity contribution in [2.24, 2.45) is 0 Å². The first-order valence-corrected chi connectivity index (χ1v) is 8.22. The van der Waals surface area contributed by atoms with Gasteiger partial charge in [-0.15, -0.1) is 0 Å². The summed E-state index contributed by atoms with van der Waals surface area (Å²) in [5, 5.41) is 10.5. The Kier molecular flexibility index (Phi) is 4.22. The molecule has 26 heavy (non-hydrogen) atoms. The van der Waals surface area contributed by atoms with Gasteiger partial charge in [-0.1, -0.05) is 30.3 Å². The van der Waals surface area contributed by atoms with Gasteiger partial charge in [0.1, 0.15) is 23.5 Å². The summed E-state index contributed by atoms with van der Waals surface area (Å²) in [6, 6.07) is 14.7. The lowest BCUT2D eigenvalue weighted by atomic mass is 10.1. The smallest absolute Gasteiger partial charge is 0.269 e. The summed E-state index contributed by atoms with van der Waals surface area (Å²) in [5.74, 6) is -1.44. The van der Waals surface area contributed by atoms with Gasteiger partial charge in [-0.05, 0) is 23.8 Å². The molecule has 0 radical (unpaired) electrons. The number of nitrogens with one attached hydrogen (secondary N) is 2. The van der Waals surface area contributed by atoms with Crippen molar-refractivity contribution >= 4 is 5.91 Å². The fourth-order valence-corrected chi connectivity index (χ4v) is 3.03. The van der Waals surface area contributed by atoms with Crippen molar-refractivity contribution in [1.29, 1.82) is 0 Å². The maximum Gasteiger partial charge on any atom is 0.269 e. The van der Waals surface area contributed by atoms with Crippen LogP contribution in [0.15, 0.2) is 54.6 Å². The number of nitrogens with zero attached hydrogens (tertiary/aromatic N) is 2. The summed E-state index contributed by atoms with van der Waals surface area (Å²) in [6.07, 6.45) is -0.313. The molecule has 0 aliphatic carbocycles. The lowest BCUT2D eigenvalue weighted by Gasteiger charge is -2.25. The molecule has 1 aliphatic heterocycles. The molecule has 1 unspecified atom stereocenters. The molecule has 1 amide bonds. The number of carbonyl (C=O) groups excluding carboxylic acids is 1. The van der Waals surface area contributed by atoms with E-state index in [0.29, 0.717) is 23.5 Å². The van der Waals surface area contributed by atoms with Crippen LogP contribution in [0.25, 0.3) is 11.3 Å². The zero-order valence-corrected chi connectivity index (χ0v) is 13.7. The summed E-state index contributed by atoms with van der Waals surface area (Å²) < 4.78 is 28.3. The average molecular weight is 354 g/mol. The van der Waals surface area contributed by atoms with Gasteiger partial charge in [0.2, 0.25) is 0 Å². The zero-order valence-electron chi connectivity index (χ0n) is 13.7. The normalized spacial score (nSPS) is 16.2. The van der Waals surface area contributed by atoms with Gasteiger partial charge in [0.05, 0.1) is 12.2 Å². The Hall–Kier alpha value is -3.06. The Labute approximate surface area is 148 Å². The molecule has 2 N–H and O–H groups in total. The maximum atomic E-state index is 13.3. The fraction of sp³-hybridized carbons (Fsp3) is 0.158. The van der Waals surface area contributed by atoms with E-state index in [9.17, 15) is 13.6 Å². The molecular weight excluding hydrogens is 338 g/mol. The first kappa shape index (κ1) is 16.4. The summed E-state index contributed by atoms with van der Waals surface area (Å²) in [4.78, 5) is 12.1. The standard InChI is InChI=1S/C19H16F2N4O/c20-14-6-12(7-15(21)8-14)10-22-18-11-23-19(26)17-9-16(24-25(17)18)13-4-2-1-3-5-13/h1-9,18,22H,10-11H2,(H,23,26). The third-order valence-corrected chi connectivity index (χ3v) is 4.25. The monoisotopic (exact) mass is 354 g/mol. The highest BCUT2D eigenvalue weighted by Gasteiger charge is 2.27. The van der Waals surface area contributed by atoms with Gasteiger partial charge in [-0.25, -0.2) is 13.5 Å². The van der Waals surface area contributed by atoms with E-state index in [2.05, 4.69) is 15.7 Å². The van der Waals surface area contributed by atoms with E-state index < -0.39 is 11.6 Å². The molecule has 7 heteroatoms. The molecule has 2 aromatic carbocycles. The van der Waals surface area contributed by atoms with Crippen LogP contribution < -0.4 is 10.6 Å². The van der Waals surface area contributed by atoms with Crippen LogP contribution in [-0.2, 0) is 6.54 Å². The number of rotatable bonds is 4. The van der Waals surface area contributed by atoms with Crippen molar-refractivity contribution in [3.05, 3.63) is 77.5 Å². The van der Waals surface area contributed by atoms with Gasteiger partial charge in [0.25, 0.3) is 5.91 Å². The predicted molar refractivity (Wildman–Crippen MR) is 92.2 cm³/mol. The Bertz CT molecular complexity index is 935. The first-order chi connectivity index (χ1) is 12.6. The molecule has 3 aromatic rings. The van der Waals surface area contributed by atoms with Gasteiger partial charge in [0, 0.05) is 18.2 Å². The van der Waals surface area contributed by atoms with Crippen molar-refractivity contribution in [2.75, 3.05) is 6.54 Å². The number of amides is 1. The van der Waals surface area contributed by atoms with E-state index in [1.165, 1.54) is 12.1 Å². The number of carbonyl (C=O) groups is 1. The Morgan fingerprint density at radius 2 is 1.85 bits per heavy atom. The fourth-order valence-electron chi connectivity index (χ4n) is 3.03. The van der Waals surface area contributed by atoms with E-state index in [0.717, 1.165) is 11.6 Å². The Morgan fingerprint density at radius 3 is 2.58 bits per heavy atom. The van der Waals surface area contributed by atoms with Crippen LogP contribution in [0.1, 0.15) is 22.2 Å². The van der Waals surface area contributed by atoms with Gasteiger partial charge in [-0.2, -0.15) is 5.10 Å². The number of halogens is 2. The second-order valence-electron chi connectivity index (χ2n) is 6.11. The van der Waals surface area contributed by atoms with Crippen LogP contribution >= 0.6 is 0 Å². The minimum atomic E-state index is -0.620. The van der Waals surface area contributed by atoms with Crippen molar-refractivity contribution in [2.45, 2.75) is 12.7 Å². The van der Waals surface area contributed by atoms with Crippen LogP contribution in [0.2, 0.25) is 0 Å². The molecule has 0 spiro atoms. The number of hydrogen-bond acceptors (Lipinski definition) is 3. The molecule has 132 valence electrons. The molecule has 2 heterocycles. The van der Waals surface area contributed by atoms with Crippen molar-refractivity contribution in [3.63, 3.8) is 0 Å². The highest BCUT2D eigenvalue weighted by molar-refractivity contribution is 5.94. The van der Waals surface area contributed by atoms with Gasteiger partial charge >= 0.3 is 0 Å². The predicted octanol–water partition coefficient (Wildman–Crippen LogP) is 2.86. The van der Waals surface area contributed by atoms with E-state index in [1.54, 1.807) is 10.7 Å². The second kappa shape index (κ2) is 6.68. The van der Waals surface area contributed by atoms with Gasteiger partial charge < -0.3 is 5.32 Å².